The Morgan fingerprint density at radius 2 is 1.69 bits per heavy atom. The van der Waals surface area contributed by atoms with Crippen molar-refractivity contribution in [2.24, 2.45) is 0 Å². The third-order valence-electron chi connectivity index (χ3n) is 4.72. The number of carbonyl (C=O) groups is 2. The first-order chi connectivity index (χ1) is 15.2. The highest BCUT2D eigenvalue weighted by Crippen LogP contribution is 2.19. The maximum Gasteiger partial charge on any atom is 0.269 e. The van der Waals surface area contributed by atoms with E-state index >= 15 is 0 Å². The fraction of sp³-hybridized carbons (Fsp3) is 0.391. The SMILES string of the molecule is CC[C@@H](C(=O)NC(C)C)N(Cc1ccc(F)cc1)C(=O)CSCc1ccc([N+](=O)[O-])cc1. The predicted octanol–water partition coefficient (Wildman–Crippen LogP) is 4.30. The van der Waals surface area contributed by atoms with Gasteiger partial charge in [0.1, 0.15) is 11.9 Å². The number of carbonyl (C=O) groups excluding carboxylic acids is 2. The lowest BCUT2D eigenvalue weighted by molar-refractivity contribution is -0.384. The molecule has 0 heterocycles. The van der Waals surface area contributed by atoms with Crippen molar-refractivity contribution < 1.29 is 18.9 Å². The zero-order chi connectivity index (χ0) is 23.7. The standard InChI is InChI=1S/C23H28FN3O4S/c1-4-21(23(29)25-16(2)3)26(13-17-5-9-19(24)10-6-17)22(28)15-32-14-18-7-11-20(12-8-18)27(30)31/h5-12,16,21H,4,13-15H2,1-3H3,(H,25,29)/t21-/m0/s1. The molecule has 2 rings (SSSR count). The summed E-state index contributed by atoms with van der Waals surface area (Å²) in [4.78, 5) is 37.7. The molecule has 2 amide bonds. The molecule has 7 nitrogen and oxygen atoms in total. The molecule has 0 unspecified atom stereocenters. The van der Waals surface area contributed by atoms with E-state index in [1.54, 1.807) is 24.3 Å². The monoisotopic (exact) mass is 461 g/mol. The van der Waals surface area contributed by atoms with Crippen molar-refractivity contribution in [2.75, 3.05) is 5.75 Å². The second-order valence-electron chi connectivity index (χ2n) is 7.65. The van der Waals surface area contributed by atoms with Gasteiger partial charge in [0.2, 0.25) is 11.8 Å². The number of thioether (sulfide) groups is 1. The fourth-order valence-corrected chi connectivity index (χ4v) is 4.01. The van der Waals surface area contributed by atoms with Gasteiger partial charge in [-0.25, -0.2) is 4.39 Å². The van der Waals surface area contributed by atoms with Gasteiger partial charge in [-0.3, -0.25) is 19.7 Å². The van der Waals surface area contributed by atoms with Gasteiger partial charge >= 0.3 is 0 Å². The van der Waals surface area contributed by atoms with Crippen molar-refractivity contribution in [2.45, 2.75) is 51.6 Å². The van der Waals surface area contributed by atoms with Crippen molar-refractivity contribution in [1.82, 2.24) is 10.2 Å². The van der Waals surface area contributed by atoms with Gasteiger partial charge in [-0.2, -0.15) is 0 Å². The van der Waals surface area contributed by atoms with Gasteiger partial charge < -0.3 is 10.2 Å². The van der Waals surface area contributed by atoms with Crippen LogP contribution in [0.4, 0.5) is 10.1 Å². The number of hydrogen-bond acceptors (Lipinski definition) is 5. The molecule has 0 bridgehead atoms. The number of nitro benzene ring substituents is 1. The van der Waals surface area contributed by atoms with Crippen LogP contribution in [0.3, 0.4) is 0 Å². The Kier molecular flexibility index (Phi) is 9.64. The zero-order valence-electron chi connectivity index (χ0n) is 18.4. The van der Waals surface area contributed by atoms with Crippen LogP contribution in [0.2, 0.25) is 0 Å². The van der Waals surface area contributed by atoms with Gasteiger partial charge in [0.15, 0.2) is 0 Å². The molecule has 1 atom stereocenters. The molecular formula is C23H28FN3O4S. The Balaban J connectivity index is 2.10. The van der Waals surface area contributed by atoms with E-state index in [1.165, 1.54) is 40.9 Å². The van der Waals surface area contributed by atoms with Crippen LogP contribution in [0.5, 0.6) is 0 Å². The summed E-state index contributed by atoms with van der Waals surface area (Å²) in [7, 11) is 0. The highest BCUT2D eigenvalue weighted by atomic mass is 32.2. The van der Waals surface area contributed by atoms with Crippen LogP contribution in [0.25, 0.3) is 0 Å². The van der Waals surface area contributed by atoms with Crippen LogP contribution in [-0.2, 0) is 21.9 Å². The lowest BCUT2D eigenvalue weighted by Crippen LogP contribution is -2.50. The molecule has 172 valence electrons. The Bertz CT molecular complexity index is 920. The second-order valence-corrected chi connectivity index (χ2v) is 8.64. The van der Waals surface area contributed by atoms with Crippen molar-refractivity contribution >= 4 is 29.3 Å². The molecule has 0 radical (unpaired) electrons. The first-order valence-electron chi connectivity index (χ1n) is 10.4. The van der Waals surface area contributed by atoms with Gasteiger partial charge in [0, 0.05) is 30.5 Å². The van der Waals surface area contributed by atoms with Crippen LogP contribution in [0.1, 0.15) is 38.3 Å². The molecule has 0 saturated heterocycles. The maximum atomic E-state index is 13.3. The van der Waals surface area contributed by atoms with Crippen molar-refractivity contribution in [3.05, 3.63) is 75.6 Å². The molecular weight excluding hydrogens is 433 g/mol. The van der Waals surface area contributed by atoms with E-state index < -0.39 is 11.0 Å². The molecule has 2 aromatic carbocycles. The van der Waals surface area contributed by atoms with Crippen LogP contribution >= 0.6 is 11.8 Å². The first kappa shape index (κ1) is 25.3. The van der Waals surface area contributed by atoms with Gasteiger partial charge in [0.05, 0.1) is 10.7 Å². The number of nitro groups is 1. The molecule has 0 aliphatic rings. The maximum absolute atomic E-state index is 13.3. The summed E-state index contributed by atoms with van der Waals surface area (Å²) in [6.07, 6.45) is 0.443. The summed E-state index contributed by atoms with van der Waals surface area (Å²) in [5, 5.41) is 13.6. The van der Waals surface area contributed by atoms with Crippen molar-refractivity contribution in [1.29, 1.82) is 0 Å². The smallest absolute Gasteiger partial charge is 0.269 e. The van der Waals surface area contributed by atoms with Gasteiger partial charge in [-0.1, -0.05) is 31.2 Å². The Labute approximate surface area is 191 Å². The lowest BCUT2D eigenvalue weighted by Gasteiger charge is -2.31. The molecule has 9 heteroatoms. The zero-order valence-corrected chi connectivity index (χ0v) is 19.2. The van der Waals surface area contributed by atoms with Crippen LogP contribution in [-0.4, -0.2) is 39.5 Å². The normalized spacial score (nSPS) is 11.8. The Morgan fingerprint density at radius 1 is 1.09 bits per heavy atom. The molecule has 2 aromatic rings. The van der Waals surface area contributed by atoms with E-state index in [0.717, 1.165) is 11.1 Å². The van der Waals surface area contributed by atoms with Crippen molar-refractivity contribution in [3.63, 3.8) is 0 Å². The van der Waals surface area contributed by atoms with Crippen LogP contribution < -0.4 is 5.32 Å². The number of benzene rings is 2. The molecule has 1 N–H and O–H groups in total. The van der Waals surface area contributed by atoms with E-state index in [4.69, 9.17) is 0 Å². The second kappa shape index (κ2) is 12.2. The number of non-ortho nitro benzene ring substituents is 1. The quantitative estimate of drug-likeness (QED) is 0.398. The molecule has 0 saturated carbocycles. The number of rotatable bonds is 11. The summed E-state index contributed by atoms with van der Waals surface area (Å²) in [6, 6.07) is 11.4. The highest BCUT2D eigenvalue weighted by Gasteiger charge is 2.28. The Hall–Kier alpha value is -2.94. The van der Waals surface area contributed by atoms with Gasteiger partial charge in [-0.15, -0.1) is 11.8 Å². The summed E-state index contributed by atoms with van der Waals surface area (Å²) in [5.74, 6) is -0.146. The number of halogens is 1. The topological polar surface area (TPSA) is 92.6 Å². The molecule has 0 spiro atoms. The number of hydrogen-bond donors (Lipinski definition) is 1. The third-order valence-corrected chi connectivity index (χ3v) is 5.71. The highest BCUT2D eigenvalue weighted by molar-refractivity contribution is 7.99. The van der Waals surface area contributed by atoms with E-state index in [9.17, 15) is 24.1 Å². The average molecular weight is 462 g/mol. The van der Waals surface area contributed by atoms with E-state index in [1.807, 2.05) is 20.8 Å². The molecule has 0 aliphatic carbocycles. The average Bonchev–Trinajstić information content (AvgIpc) is 2.74. The number of amides is 2. The first-order valence-corrected chi connectivity index (χ1v) is 11.5. The van der Waals surface area contributed by atoms with Crippen LogP contribution in [0, 0.1) is 15.9 Å². The predicted molar refractivity (Wildman–Crippen MR) is 124 cm³/mol. The van der Waals surface area contributed by atoms with Crippen LogP contribution in [0.15, 0.2) is 48.5 Å². The van der Waals surface area contributed by atoms with E-state index in [2.05, 4.69) is 5.32 Å². The van der Waals surface area contributed by atoms with Gasteiger partial charge in [0.25, 0.3) is 5.69 Å². The van der Waals surface area contributed by atoms with E-state index in [0.29, 0.717) is 12.2 Å². The molecule has 0 fully saturated rings. The van der Waals surface area contributed by atoms with Crippen molar-refractivity contribution in [3.8, 4) is 0 Å². The Morgan fingerprint density at radius 3 is 2.22 bits per heavy atom. The summed E-state index contributed by atoms with van der Waals surface area (Å²) >= 11 is 1.37. The fourth-order valence-electron chi connectivity index (χ4n) is 3.14. The minimum absolute atomic E-state index is 0.0160. The summed E-state index contributed by atoms with van der Waals surface area (Å²) < 4.78 is 13.3. The minimum atomic E-state index is -0.644. The minimum Gasteiger partial charge on any atom is -0.352 e. The number of nitrogens with one attached hydrogen (secondary N) is 1. The third kappa shape index (κ3) is 7.64. The molecule has 32 heavy (non-hydrogen) atoms. The van der Waals surface area contributed by atoms with Gasteiger partial charge in [-0.05, 0) is 43.5 Å². The lowest BCUT2D eigenvalue weighted by atomic mass is 10.1. The molecule has 0 aromatic heterocycles. The summed E-state index contributed by atoms with van der Waals surface area (Å²) in [6.45, 7) is 5.76. The van der Waals surface area contributed by atoms with E-state index in [-0.39, 0.29) is 41.7 Å². The molecule has 0 aliphatic heterocycles. The number of nitrogens with zero attached hydrogens (tertiary/aromatic N) is 2. The summed E-state index contributed by atoms with van der Waals surface area (Å²) in [5.41, 5.74) is 1.61. The largest absolute Gasteiger partial charge is 0.352 e.